The minimum absolute atomic E-state index is 0.0519. The van der Waals surface area contributed by atoms with E-state index in [9.17, 15) is 9.59 Å². The zero-order valence-electron chi connectivity index (χ0n) is 18.2. The van der Waals surface area contributed by atoms with Gasteiger partial charge in [0.15, 0.2) is 5.43 Å². The van der Waals surface area contributed by atoms with E-state index in [1.165, 1.54) is 7.11 Å². The molecule has 33 heavy (non-hydrogen) atoms. The number of rotatable bonds is 4. The highest BCUT2D eigenvalue weighted by Gasteiger charge is 2.16. The molecule has 9 heteroatoms. The van der Waals surface area contributed by atoms with E-state index in [1.807, 2.05) is 18.2 Å². The fourth-order valence-electron chi connectivity index (χ4n) is 4.04. The highest BCUT2D eigenvalue weighted by Crippen LogP contribution is 2.27. The molecule has 0 spiro atoms. The predicted molar refractivity (Wildman–Crippen MR) is 124 cm³/mol. The van der Waals surface area contributed by atoms with Crippen LogP contribution in [-0.4, -0.2) is 59.4 Å². The molecular formula is C24H23N5O4. The number of esters is 1. The standard InChI is InChI=1S/C24H23N5O4/c1-32-24(31)16-5-2-6-17(13-16)29-15-20(26-27-29)18-7-3-8-19-21(30)14-22(25-23(18)19)28-9-4-11-33-12-10-28/h2-3,5-8,13-15H,4,9-12H2,1H3,(H,25,30). The fourth-order valence-corrected chi connectivity index (χ4v) is 4.04. The van der Waals surface area contributed by atoms with Gasteiger partial charge in [-0.05, 0) is 30.7 Å². The third kappa shape index (κ3) is 4.10. The first kappa shape index (κ1) is 20.9. The molecule has 1 N–H and O–H groups in total. The van der Waals surface area contributed by atoms with Crippen molar-refractivity contribution in [1.29, 1.82) is 0 Å². The maximum atomic E-state index is 12.9. The number of hydrogen-bond acceptors (Lipinski definition) is 7. The summed E-state index contributed by atoms with van der Waals surface area (Å²) in [5, 5.41) is 9.16. The number of aromatic amines is 1. The molecule has 2 aromatic heterocycles. The average Bonchev–Trinajstić information content (AvgIpc) is 3.18. The summed E-state index contributed by atoms with van der Waals surface area (Å²) in [5.74, 6) is 0.346. The molecule has 9 nitrogen and oxygen atoms in total. The molecule has 0 radical (unpaired) electrons. The molecule has 1 aliphatic heterocycles. The van der Waals surface area contributed by atoms with Crippen molar-refractivity contribution >= 4 is 22.7 Å². The van der Waals surface area contributed by atoms with Gasteiger partial charge in [-0.15, -0.1) is 5.10 Å². The molecular weight excluding hydrogens is 422 g/mol. The smallest absolute Gasteiger partial charge is 0.337 e. The monoisotopic (exact) mass is 445 g/mol. The van der Waals surface area contributed by atoms with Gasteiger partial charge in [0.25, 0.3) is 0 Å². The Morgan fingerprint density at radius 3 is 2.88 bits per heavy atom. The number of para-hydroxylation sites is 1. The first-order valence-corrected chi connectivity index (χ1v) is 10.7. The lowest BCUT2D eigenvalue weighted by Crippen LogP contribution is -2.28. The highest BCUT2D eigenvalue weighted by atomic mass is 16.5. The number of fused-ring (bicyclic) bond motifs is 1. The lowest BCUT2D eigenvalue weighted by Gasteiger charge is -2.22. The molecule has 1 aliphatic rings. The van der Waals surface area contributed by atoms with Crippen LogP contribution in [0.1, 0.15) is 16.8 Å². The minimum Gasteiger partial charge on any atom is -0.465 e. The second-order valence-corrected chi connectivity index (χ2v) is 7.79. The quantitative estimate of drug-likeness (QED) is 0.482. The van der Waals surface area contributed by atoms with Crippen molar-refractivity contribution in [3.63, 3.8) is 0 Å². The van der Waals surface area contributed by atoms with Gasteiger partial charge in [-0.1, -0.05) is 23.4 Å². The summed E-state index contributed by atoms with van der Waals surface area (Å²) in [4.78, 5) is 30.4. The Morgan fingerprint density at radius 1 is 1.12 bits per heavy atom. The van der Waals surface area contributed by atoms with Crippen LogP contribution in [0.2, 0.25) is 0 Å². The maximum Gasteiger partial charge on any atom is 0.337 e. The second-order valence-electron chi connectivity index (χ2n) is 7.79. The number of nitrogens with zero attached hydrogens (tertiary/aromatic N) is 4. The van der Waals surface area contributed by atoms with Crippen molar-refractivity contribution < 1.29 is 14.3 Å². The molecule has 0 aliphatic carbocycles. The Morgan fingerprint density at radius 2 is 2.00 bits per heavy atom. The fraction of sp³-hybridized carbons (Fsp3) is 0.250. The number of aromatic nitrogens is 4. The number of methoxy groups -OCH3 is 1. The van der Waals surface area contributed by atoms with Crippen LogP contribution in [-0.2, 0) is 9.47 Å². The number of carbonyl (C=O) groups is 1. The van der Waals surface area contributed by atoms with Crippen molar-refractivity contribution in [2.45, 2.75) is 6.42 Å². The third-order valence-electron chi connectivity index (χ3n) is 5.71. The van der Waals surface area contributed by atoms with E-state index in [1.54, 1.807) is 41.2 Å². The van der Waals surface area contributed by atoms with Gasteiger partial charge in [-0.3, -0.25) is 4.79 Å². The molecule has 168 valence electrons. The summed E-state index contributed by atoms with van der Waals surface area (Å²) < 4.78 is 11.9. The normalized spacial score (nSPS) is 14.3. The summed E-state index contributed by atoms with van der Waals surface area (Å²) in [6.45, 7) is 2.88. The molecule has 0 bridgehead atoms. The third-order valence-corrected chi connectivity index (χ3v) is 5.71. The SMILES string of the molecule is COC(=O)c1cccc(-n2cc(-c3cccc4c(=O)cc(N5CCCOCC5)[nH]c34)nn2)c1. The number of carbonyl (C=O) groups excluding carboxylic acids is 1. The Balaban J connectivity index is 1.56. The van der Waals surface area contributed by atoms with Crippen molar-refractivity contribution in [2.75, 3.05) is 38.3 Å². The van der Waals surface area contributed by atoms with Crippen LogP contribution in [0, 0.1) is 0 Å². The van der Waals surface area contributed by atoms with Gasteiger partial charge in [-0.25, -0.2) is 9.48 Å². The summed E-state index contributed by atoms with van der Waals surface area (Å²) in [6.07, 6.45) is 2.68. The van der Waals surface area contributed by atoms with E-state index in [0.29, 0.717) is 34.5 Å². The predicted octanol–water partition coefficient (Wildman–Crippen LogP) is 2.79. The van der Waals surface area contributed by atoms with Gasteiger partial charge in [0.2, 0.25) is 0 Å². The molecule has 0 amide bonds. The number of hydrogen-bond donors (Lipinski definition) is 1. The van der Waals surface area contributed by atoms with Crippen molar-refractivity contribution in [3.8, 4) is 16.9 Å². The van der Waals surface area contributed by atoms with Gasteiger partial charge in [-0.2, -0.15) is 0 Å². The molecule has 1 saturated heterocycles. The second kappa shape index (κ2) is 8.87. The highest BCUT2D eigenvalue weighted by molar-refractivity contribution is 5.93. The van der Waals surface area contributed by atoms with Crippen LogP contribution in [0.5, 0.6) is 0 Å². The van der Waals surface area contributed by atoms with E-state index >= 15 is 0 Å². The first-order chi connectivity index (χ1) is 16.1. The molecule has 0 unspecified atom stereocenters. The van der Waals surface area contributed by atoms with Crippen LogP contribution < -0.4 is 10.3 Å². The summed E-state index contributed by atoms with van der Waals surface area (Å²) >= 11 is 0. The van der Waals surface area contributed by atoms with E-state index in [0.717, 1.165) is 37.5 Å². The number of nitrogens with one attached hydrogen (secondary N) is 1. The van der Waals surface area contributed by atoms with Gasteiger partial charge in [0.05, 0.1) is 36.7 Å². The Hall–Kier alpha value is -3.98. The summed E-state index contributed by atoms with van der Waals surface area (Å²) in [6, 6.07) is 14.2. The van der Waals surface area contributed by atoms with E-state index in [-0.39, 0.29) is 5.43 Å². The summed E-state index contributed by atoms with van der Waals surface area (Å²) in [7, 11) is 1.34. The lowest BCUT2D eigenvalue weighted by atomic mass is 10.1. The van der Waals surface area contributed by atoms with Crippen molar-refractivity contribution in [2.24, 2.45) is 0 Å². The minimum atomic E-state index is -0.421. The van der Waals surface area contributed by atoms with Crippen molar-refractivity contribution in [1.82, 2.24) is 20.0 Å². The molecule has 1 fully saturated rings. The Labute approximate surface area is 189 Å². The lowest BCUT2D eigenvalue weighted by molar-refractivity contribution is 0.0600. The largest absolute Gasteiger partial charge is 0.465 e. The van der Waals surface area contributed by atoms with Crippen LogP contribution in [0.25, 0.3) is 27.8 Å². The van der Waals surface area contributed by atoms with Gasteiger partial charge < -0.3 is 19.4 Å². The molecule has 3 heterocycles. The molecule has 2 aromatic carbocycles. The number of anilines is 1. The van der Waals surface area contributed by atoms with Gasteiger partial charge >= 0.3 is 5.97 Å². The van der Waals surface area contributed by atoms with Gasteiger partial charge in [0, 0.05) is 36.7 Å². The van der Waals surface area contributed by atoms with Crippen LogP contribution in [0.3, 0.4) is 0 Å². The van der Waals surface area contributed by atoms with E-state index in [2.05, 4.69) is 20.2 Å². The zero-order valence-corrected chi connectivity index (χ0v) is 18.2. The first-order valence-electron chi connectivity index (χ1n) is 10.7. The average molecular weight is 445 g/mol. The van der Waals surface area contributed by atoms with Crippen LogP contribution in [0.4, 0.5) is 5.82 Å². The number of benzene rings is 2. The molecule has 4 aromatic rings. The van der Waals surface area contributed by atoms with E-state index < -0.39 is 5.97 Å². The Kier molecular flexibility index (Phi) is 5.62. The topological polar surface area (TPSA) is 102 Å². The number of H-pyrrole nitrogens is 1. The zero-order chi connectivity index (χ0) is 22.8. The Bertz CT molecular complexity index is 1370. The van der Waals surface area contributed by atoms with E-state index in [4.69, 9.17) is 9.47 Å². The maximum absolute atomic E-state index is 12.9. The van der Waals surface area contributed by atoms with Crippen LogP contribution in [0.15, 0.2) is 59.5 Å². The number of pyridine rings is 1. The van der Waals surface area contributed by atoms with Crippen molar-refractivity contribution in [3.05, 3.63) is 70.5 Å². The molecule has 0 atom stereocenters. The molecule has 0 saturated carbocycles. The summed E-state index contributed by atoms with van der Waals surface area (Å²) in [5.41, 5.74) is 3.14. The van der Waals surface area contributed by atoms with Gasteiger partial charge in [0.1, 0.15) is 11.5 Å². The number of ether oxygens (including phenoxy) is 2. The van der Waals surface area contributed by atoms with Crippen LogP contribution >= 0.6 is 0 Å². The molecule has 5 rings (SSSR count).